The van der Waals surface area contributed by atoms with E-state index in [9.17, 15) is 0 Å². The molecule has 0 amide bonds. The molecule has 3 rings (SSSR count). The molecule has 6 heteroatoms. The van der Waals surface area contributed by atoms with E-state index in [1.54, 1.807) is 0 Å². The average Bonchev–Trinajstić information content (AvgIpc) is 2.60. The fraction of sp³-hybridized carbons (Fsp3) is 0.444. The topological polar surface area (TPSA) is 67.5 Å². The summed E-state index contributed by atoms with van der Waals surface area (Å²) in [5, 5.41) is 0. The van der Waals surface area contributed by atoms with Crippen molar-refractivity contribution in [2.75, 3.05) is 43.4 Å². The van der Waals surface area contributed by atoms with E-state index >= 15 is 0 Å². The molecule has 0 unspecified atom stereocenters. The van der Waals surface area contributed by atoms with Crippen molar-refractivity contribution in [3.05, 3.63) is 35.7 Å². The van der Waals surface area contributed by atoms with Crippen LogP contribution in [0.3, 0.4) is 0 Å². The van der Waals surface area contributed by atoms with Crippen molar-refractivity contribution >= 4 is 11.5 Å². The second kappa shape index (κ2) is 7.05. The summed E-state index contributed by atoms with van der Waals surface area (Å²) in [6.07, 6.45) is 0. The van der Waals surface area contributed by atoms with E-state index in [1.165, 1.54) is 5.56 Å². The lowest BCUT2D eigenvalue weighted by Crippen LogP contribution is -2.46. The number of nitrogens with zero attached hydrogens (tertiary/aromatic N) is 4. The molecule has 2 aromatic rings. The van der Waals surface area contributed by atoms with Gasteiger partial charge in [-0.25, -0.2) is 4.98 Å². The van der Waals surface area contributed by atoms with Gasteiger partial charge < -0.3 is 20.3 Å². The van der Waals surface area contributed by atoms with Gasteiger partial charge in [-0.2, -0.15) is 4.98 Å². The minimum atomic E-state index is 0.430. The van der Waals surface area contributed by atoms with Crippen LogP contribution in [0.5, 0.6) is 11.6 Å². The van der Waals surface area contributed by atoms with Gasteiger partial charge in [0, 0.05) is 26.2 Å². The van der Waals surface area contributed by atoms with Gasteiger partial charge in [0.2, 0.25) is 5.88 Å². The van der Waals surface area contributed by atoms with Crippen molar-refractivity contribution < 1.29 is 4.74 Å². The standard InChI is InChI=1S/C18H25N5O/c1-4-22-9-11-23(12-10-22)17-16(19)18(21-14(3)20-17)24-15-7-5-13(2)6-8-15/h5-8H,4,9-12,19H2,1-3H3. The summed E-state index contributed by atoms with van der Waals surface area (Å²) < 4.78 is 5.91. The molecule has 2 N–H and O–H groups in total. The van der Waals surface area contributed by atoms with Gasteiger partial charge in [-0.15, -0.1) is 0 Å². The summed E-state index contributed by atoms with van der Waals surface area (Å²) in [6, 6.07) is 7.85. The monoisotopic (exact) mass is 327 g/mol. The summed E-state index contributed by atoms with van der Waals surface area (Å²) >= 11 is 0. The Hall–Kier alpha value is -2.34. The zero-order valence-electron chi connectivity index (χ0n) is 14.6. The van der Waals surface area contributed by atoms with E-state index in [0.29, 0.717) is 17.4 Å². The molecule has 0 spiro atoms. The van der Waals surface area contributed by atoms with E-state index in [2.05, 4.69) is 26.7 Å². The van der Waals surface area contributed by atoms with Gasteiger partial charge in [-0.05, 0) is 32.5 Å². The van der Waals surface area contributed by atoms with Gasteiger partial charge in [0.25, 0.3) is 0 Å². The normalized spacial score (nSPS) is 15.5. The number of aromatic nitrogens is 2. The van der Waals surface area contributed by atoms with Crippen LogP contribution in [0.15, 0.2) is 24.3 Å². The number of piperazine rings is 1. The Morgan fingerprint density at radius 2 is 1.71 bits per heavy atom. The molecule has 6 nitrogen and oxygen atoms in total. The van der Waals surface area contributed by atoms with Crippen LogP contribution in [-0.2, 0) is 0 Å². The van der Waals surface area contributed by atoms with Gasteiger partial charge >= 0.3 is 0 Å². The SMILES string of the molecule is CCN1CCN(c2nc(C)nc(Oc3ccc(C)cc3)c2N)CC1. The van der Waals surface area contributed by atoms with Gasteiger partial charge in [0.05, 0.1) is 0 Å². The Bertz CT molecular complexity index is 693. The molecule has 1 aromatic heterocycles. The number of likely N-dealkylation sites (N-methyl/N-ethyl adjacent to an activating group) is 1. The average molecular weight is 327 g/mol. The first-order valence-electron chi connectivity index (χ1n) is 8.42. The zero-order valence-corrected chi connectivity index (χ0v) is 14.6. The molecule has 2 heterocycles. The second-order valence-electron chi connectivity index (χ2n) is 6.15. The third-order valence-electron chi connectivity index (χ3n) is 4.36. The molecular weight excluding hydrogens is 302 g/mol. The summed E-state index contributed by atoms with van der Waals surface area (Å²) in [7, 11) is 0. The number of nitrogens with two attached hydrogens (primary N) is 1. The van der Waals surface area contributed by atoms with Crippen LogP contribution in [0.4, 0.5) is 11.5 Å². The Morgan fingerprint density at radius 3 is 2.33 bits per heavy atom. The molecule has 0 radical (unpaired) electrons. The molecule has 0 bridgehead atoms. The smallest absolute Gasteiger partial charge is 0.248 e. The van der Waals surface area contributed by atoms with Crippen molar-refractivity contribution in [2.45, 2.75) is 20.8 Å². The van der Waals surface area contributed by atoms with Crippen molar-refractivity contribution in [2.24, 2.45) is 0 Å². The van der Waals surface area contributed by atoms with E-state index < -0.39 is 0 Å². The summed E-state index contributed by atoms with van der Waals surface area (Å²) in [4.78, 5) is 13.6. The fourth-order valence-corrected chi connectivity index (χ4v) is 2.85. The van der Waals surface area contributed by atoms with Crippen LogP contribution >= 0.6 is 0 Å². The van der Waals surface area contributed by atoms with E-state index in [-0.39, 0.29) is 0 Å². The highest BCUT2D eigenvalue weighted by Gasteiger charge is 2.22. The lowest BCUT2D eigenvalue weighted by atomic mass is 10.2. The molecule has 0 saturated carbocycles. The largest absolute Gasteiger partial charge is 0.437 e. The predicted molar refractivity (Wildman–Crippen MR) is 96.8 cm³/mol. The maximum absolute atomic E-state index is 6.32. The fourth-order valence-electron chi connectivity index (χ4n) is 2.85. The molecule has 24 heavy (non-hydrogen) atoms. The Balaban J connectivity index is 1.83. The lowest BCUT2D eigenvalue weighted by Gasteiger charge is -2.35. The minimum absolute atomic E-state index is 0.430. The summed E-state index contributed by atoms with van der Waals surface area (Å²) in [6.45, 7) is 11.0. The molecule has 0 aliphatic carbocycles. The Morgan fingerprint density at radius 1 is 1.04 bits per heavy atom. The van der Waals surface area contributed by atoms with Gasteiger partial charge in [0.15, 0.2) is 5.82 Å². The molecule has 1 aromatic carbocycles. The van der Waals surface area contributed by atoms with Crippen LogP contribution in [-0.4, -0.2) is 47.6 Å². The number of hydrogen-bond acceptors (Lipinski definition) is 6. The van der Waals surface area contributed by atoms with Crippen molar-refractivity contribution in [3.63, 3.8) is 0 Å². The summed E-state index contributed by atoms with van der Waals surface area (Å²) in [5.74, 6) is 2.60. The Labute approximate surface area is 143 Å². The zero-order chi connectivity index (χ0) is 17.1. The third kappa shape index (κ3) is 3.59. The van der Waals surface area contributed by atoms with Crippen molar-refractivity contribution in [3.8, 4) is 11.6 Å². The first kappa shape index (κ1) is 16.5. The van der Waals surface area contributed by atoms with E-state index in [4.69, 9.17) is 10.5 Å². The number of rotatable bonds is 4. The lowest BCUT2D eigenvalue weighted by molar-refractivity contribution is 0.270. The maximum atomic E-state index is 6.32. The van der Waals surface area contributed by atoms with Crippen LogP contribution in [0.1, 0.15) is 18.3 Å². The quantitative estimate of drug-likeness (QED) is 0.931. The maximum Gasteiger partial charge on any atom is 0.248 e. The number of hydrogen-bond donors (Lipinski definition) is 1. The molecular formula is C18H25N5O. The number of aryl methyl sites for hydroxylation is 2. The van der Waals surface area contributed by atoms with E-state index in [0.717, 1.165) is 44.3 Å². The predicted octanol–water partition coefficient (Wildman–Crippen LogP) is 2.61. The number of benzene rings is 1. The number of anilines is 2. The first-order chi connectivity index (χ1) is 11.6. The molecule has 1 saturated heterocycles. The van der Waals surface area contributed by atoms with Gasteiger partial charge in [0.1, 0.15) is 17.3 Å². The first-order valence-corrected chi connectivity index (χ1v) is 8.42. The van der Waals surface area contributed by atoms with Crippen LogP contribution in [0.2, 0.25) is 0 Å². The van der Waals surface area contributed by atoms with Gasteiger partial charge in [-0.1, -0.05) is 24.6 Å². The second-order valence-corrected chi connectivity index (χ2v) is 6.15. The molecule has 1 fully saturated rings. The van der Waals surface area contributed by atoms with Crippen LogP contribution < -0.4 is 15.4 Å². The van der Waals surface area contributed by atoms with Crippen LogP contribution in [0.25, 0.3) is 0 Å². The van der Waals surface area contributed by atoms with E-state index in [1.807, 2.05) is 38.1 Å². The summed E-state index contributed by atoms with van der Waals surface area (Å²) in [5.41, 5.74) is 8.01. The van der Waals surface area contributed by atoms with Gasteiger partial charge in [-0.3, -0.25) is 0 Å². The molecule has 1 aliphatic heterocycles. The minimum Gasteiger partial charge on any atom is -0.437 e. The third-order valence-corrected chi connectivity index (χ3v) is 4.36. The number of nitrogen functional groups attached to an aromatic ring is 1. The molecule has 128 valence electrons. The van der Waals surface area contributed by atoms with Crippen LogP contribution in [0, 0.1) is 13.8 Å². The number of ether oxygens (including phenoxy) is 1. The highest BCUT2D eigenvalue weighted by molar-refractivity contribution is 5.69. The Kier molecular flexibility index (Phi) is 4.85. The van der Waals surface area contributed by atoms with Crippen molar-refractivity contribution in [1.29, 1.82) is 0 Å². The molecule has 1 aliphatic rings. The highest BCUT2D eigenvalue weighted by Crippen LogP contribution is 2.32. The molecule has 0 atom stereocenters. The highest BCUT2D eigenvalue weighted by atomic mass is 16.5. The van der Waals surface area contributed by atoms with Crippen molar-refractivity contribution in [1.82, 2.24) is 14.9 Å².